The number of hydrogen-bond donors (Lipinski definition) is 3. The number of aliphatic imine (C=N–C) groups is 1. The third-order valence-corrected chi connectivity index (χ3v) is 1.81. The van der Waals surface area contributed by atoms with E-state index < -0.39 is 29.0 Å². The Hall–Kier alpha value is -1.83. The molecular weight excluding hydrogens is 240 g/mol. The van der Waals surface area contributed by atoms with Crippen molar-refractivity contribution < 1.29 is 17.6 Å². The predicted molar refractivity (Wildman–Crippen MR) is 55.2 cm³/mol. The Morgan fingerprint density at radius 3 is 2.18 bits per heavy atom. The maximum Gasteiger partial charge on any atom is 0.210 e. The van der Waals surface area contributed by atoms with Gasteiger partial charge in [0.15, 0.2) is 23.3 Å². The first kappa shape index (κ1) is 13.2. The minimum absolute atomic E-state index is 0.113. The van der Waals surface area contributed by atoms with Crippen molar-refractivity contribution in [3.63, 3.8) is 0 Å². The van der Waals surface area contributed by atoms with Gasteiger partial charge < -0.3 is 5.32 Å². The first-order valence-corrected chi connectivity index (χ1v) is 4.62. The highest BCUT2D eigenvalue weighted by molar-refractivity contribution is 5.93. The summed E-state index contributed by atoms with van der Waals surface area (Å²) in [6, 6.07) is 0.113. The van der Waals surface area contributed by atoms with Crippen LogP contribution in [0.2, 0.25) is 0 Å². The fourth-order valence-electron chi connectivity index (χ4n) is 1.08. The van der Waals surface area contributed by atoms with E-state index in [0.29, 0.717) is 0 Å². The molecule has 4 nitrogen and oxygen atoms in total. The fourth-order valence-corrected chi connectivity index (χ4v) is 1.08. The Morgan fingerprint density at radius 1 is 1.24 bits per heavy atom. The molecule has 94 valence electrons. The lowest BCUT2D eigenvalue weighted by Crippen LogP contribution is -2.37. The van der Waals surface area contributed by atoms with Crippen molar-refractivity contribution in [2.24, 2.45) is 10.8 Å². The van der Waals surface area contributed by atoms with Gasteiger partial charge in [0.1, 0.15) is 5.69 Å². The van der Waals surface area contributed by atoms with E-state index >= 15 is 0 Å². The summed E-state index contributed by atoms with van der Waals surface area (Å²) < 4.78 is 52.1. The third kappa shape index (κ3) is 2.84. The molecule has 0 saturated carbocycles. The summed E-state index contributed by atoms with van der Waals surface area (Å²) in [6.45, 7) is 1.89. The van der Waals surface area contributed by atoms with Crippen LogP contribution < -0.4 is 16.6 Å². The van der Waals surface area contributed by atoms with Crippen LogP contribution >= 0.6 is 0 Å². The van der Waals surface area contributed by atoms with Crippen LogP contribution in [0.3, 0.4) is 0 Å². The molecule has 8 heteroatoms. The van der Waals surface area contributed by atoms with E-state index in [0.717, 1.165) is 0 Å². The first-order valence-electron chi connectivity index (χ1n) is 4.62. The number of nitrogens with one attached hydrogen (secondary N) is 2. The van der Waals surface area contributed by atoms with Crippen LogP contribution in [-0.2, 0) is 0 Å². The lowest BCUT2D eigenvalue weighted by Gasteiger charge is -2.11. The van der Waals surface area contributed by atoms with Crippen LogP contribution in [-0.4, -0.2) is 12.5 Å². The van der Waals surface area contributed by atoms with E-state index in [1.807, 2.05) is 10.7 Å². The van der Waals surface area contributed by atoms with Gasteiger partial charge in [0.25, 0.3) is 0 Å². The number of anilines is 1. The maximum atomic E-state index is 13.2. The van der Waals surface area contributed by atoms with Crippen LogP contribution in [0.15, 0.2) is 11.1 Å². The molecule has 0 saturated heterocycles. The van der Waals surface area contributed by atoms with Crippen molar-refractivity contribution in [3.05, 3.63) is 29.3 Å². The molecule has 0 aromatic heterocycles. The molecule has 0 aliphatic heterocycles. The number of guanidine groups is 1. The number of hydrazine groups is 1. The molecule has 0 radical (unpaired) electrons. The standard InChI is InChI=1S/C9H10F4N4/c1-2-15-9(17-14)16-8-6(12)4(10)3-5(11)7(8)13/h3H,2,14H2,1H3,(H2,15,16,17). The SMILES string of the molecule is CCN=C(NN)Nc1c(F)c(F)cc(F)c1F. The van der Waals surface area contributed by atoms with Gasteiger partial charge in [-0.25, -0.2) is 23.4 Å². The fraction of sp³-hybridized carbons (Fsp3) is 0.222. The average molecular weight is 250 g/mol. The molecule has 0 spiro atoms. The van der Waals surface area contributed by atoms with Crippen LogP contribution in [0.5, 0.6) is 0 Å². The summed E-state index contributed by atoms with van der Waals surface area (Å²) >= 11 is 0. The van der Waals surface area contributed by atoms with Crippen molar-refractivity contribution in [1.82, 2.24) is 5.43 Å². The summed E-state index contributed by atoms with van der Waals surface area (Å²) in [5.41, 5.74) is 1.01. The quantitative estimate of drug-likeness (QED) is 0.186. The van der Waals surface area contributed by atoms with E-state index in [1.54, 1.807) is 6.92 Å². The zero-order valence-corrected chi connectivity index (χ0v) is 8.82. The Balaban J connectivity index is 3.18. The molecule has 0 amide bonds. The highest BCUT2D eigenvalue weighted by Gasteiger charge is 2.19. The second-order valence-corrected chi connectivity index (χ2v) is 2.94. The zero-order chi connectivity index (χ0) is 13.0. The van der Waals surface area contributed by atoms with Gasteiger partial charge in [0.2, 0.25) is 5.96 Å². The molecule has 0 heterocycles. The van der Waals surface area contributed by atoms with Crippen LogP contribution in [0, 0.1) is 23.3 Å². The van der Waals surface area contributed by atoms with Crippen LogP contribution in [0.4, 0.5) is 23.2 Å². The molecule has 0 unspecified atom stereocenters. The third-order valence-electron chi connectivity index (χ3n) is 1.81. The second-order valence-electron chi connectivity index (χ2n) is 2.94. The minimum atomic E-state index is -1.55. The van der Waals surface area contributed by atoms with Crippen molar-refractivity contribution in [1.29, 1.82) is 0 Å². The largest absolute Gasteiger partial charge is 0.320 e. The van der Waals surface area contributed by atoms with Crippen molar-refractivity contribution in [2.75, 3.05) is 11.9 Å². The molecule has 0 aliphatic carbocycles. The van der Waals surface area contributed by atoms with Gasteiger partial charge in [0, 0.05) is 12.6 Å². The van der Waals surface area contributed by atoms with Crippen LogP contribution in [0.25, 0.3) is 0 Å². The van der Waals surface area contributed by atoms with E-state index in [-0.39, 0.29) is 18.6 Å². The van der Waals surface area contributed by atoms with E-state index in [2.05, 4.69) is 4.99 Å². The summed E-state index contributed by atoms with van der Waals surface area (Å²) in [5, 5.41) is 2.03. The van der Waals surface area contributed by atoms with Crippen molar-refractivity contribution in [3.8, 4) is 0 Å². The highest BCUT2D eigenvalue weighted by atomic mass is 19.2. The monoisotopic (exact) mass is 250 g/mol. The van der Waals surface area contributed by atoms with Gasteiger partial charge >= 0.3 is 0 Å². The number of hydrogen-bond acceptors (Lipinski definition) is 2. The van der Waals surface area contributed by atoms with Crippen molar-refractivity contribution in [2.45, 2.75) is 6.92 Å². The molecule has 1 aromatic rings. The Kier molecular flexibility index (Phi) is 4.27. The smallest absolute Gasteiger partial charge is 0.210 e. The van der Waals surface area contributed by atoms with Gasteiger partial charge in [-0.2, -0.15) is 0 Å². The summed E-state index contributed by atoms with van der Waals surface area (Å²) in [4.78, 5) is 3.67. The van der Waals surface area contributed by atoms with Gasteiger partial charge in [-0.3, -0.25) is 10.4 Å². The number of rotatable bonds is 2. The number of benzene rings is 1. The molecule has 0 bridgehead atoms. The van der Waals surface area contributed by atoms with Gasteiger partial charge in [-0.1, -0.05) is 0 Å². The predicted octanol–water partition coefficient (Wildman–Crippen LogP) is 1.49. The minimum Gasteiger partial charge on any atom is -0.320 e. The highest BCUT2D eigenvalue weighted by Crippen LogP contribution is 2.23. The van der Waals surface area contributed by atoms with Crippen molar-refractivity contribution >= 4 is 11.6 Å². The topological polar surface area (TPSA) is 62.4 Å². The lowest BCUT2D eigenvalue weighted by atomic mass is 10.2. The van der Waals surface area contributed by atoms with E-state index in [4.69, 9.17) is 5.84 Å². The van der Waals surface area contributed by atoms with Gasteiger partial charge in [0.05, 0.1) is 0 Å². The van der Waals surface area contributed by atoms with E-state index in [9.17, 15) is 17.6 Å². The zero-order valence-electron chi connectivity index (χ0n) is 8.82. The maximum absolute atomic E-state index is 13.2. The normalized spacial score (nSPS) is 11.5. The number of halogens is 4. The number of nitrogens with two attached hydrogens (primary N) is 1. The Bertz CT molecular complexity index is 421. The summed E-state index contributed by atoms with van der Waals surface area (Å²) in [7, 11) is 0. The summed E-state index contributed by atoms with van der Waals surface area (Å²) in [6.07, 6.45) is 0. The average Bonchev–Trinajstić information content (AvgIpc) is 2.30. The van der Waals surface area contributed by atoms with Gasteiger partial charge in [-0.15, -0.1) is 0 Å². The lowest BCUT2D eigenvalue weighted by molar-refractivity contribution is 0.459. The molecule has 1 aromatic carbocycles. The van der Waals surface area contributed by atoms with Gasteiger partial charge in [-0.05, 0) is 6.92 Å². The Labute approximate surface area is 94.5 Å². The molecule has 0 atom stereocenters. The van der Waals surface area contributed by atoms with Crippen LogP contribution in [0.1, 0.15) is 6.92 Å². The molecule has 4 N–H and O–H groups in total. The number of nitrogens with zero attached hydrogens (tertiary/aromatic N) is 1. The molecule has 0 aliphatic rings. The molecule has 17 heavy (non-hydrogen) atoms. The Morgan fingerprint density at radius 2 is 1.76 bits per heavy atom. The molecule has 0 fully saturated rings. The molecular formula is C9H10F4N4. The van der Waals surface area contributed by atoms with E-state index in [1.165, 1.54) is 0 Å². The summed E-state index contributed by atoms with van der Waals surface area (Å²) in [5.74, 6) is -1.34. The molecule has 1 rings (SSSR count). The second kappa shape index (κ2) is 5.48. The first-order chi connectivity index (χ1) is 8.01.